The first-order chi connectivity index (χ1) is 12.5. The minimum Gasteiger partial charge on any atom is -0.396 e. The second kappa shape index (κ2) is 8.13. The molecule has 2 heterocycles. The topological polar surface area (TPSA) is 122 Å². The van der Waals surface area contributed by atoms with Gasteiger partial charge >= 0.3 is 5.69 Å². The summed E-state index contributed by atoms with van der Waals surface area (Å²) in [6, 6.07) is 0.123. The van der Waals surface area contributed by atoms with Crippen molar-refractivity contribution in [2.24, 2.45) is 5.92 Å². The summed E-state index contributed by atoms with van der Waals surface area (Å²) < 4.78 is 5.40. The normalized spacial score (nSPS) is 25.5. The first-order valence-corrected chi connectivity index (χ1v) is 9.24. The van der Waals surface area contributed by atoms with E-state index in [0.29, 0.717) is 25.1 Å². The van der Waals surface area contributed by atoms with Crippen molar-refractivity contribution in [3.05, 3.63) is 16.3 Å². The summed E-state index contributed by atoms with van der Waals surface area (Å²) >= 11 is 0. The van der Waals surface area contributed by atoms with E-state index in [-0.39, 0.29) is 29.7 Å². The molecule has 0 bridgehead atoms. The number of hydrogen-bond donors (Lipinski definition) is 3. The molecule has 0 atom stereocenters. The Kier molecular flexibility index (Phi) is 5.87. The number of aliphatic hydroxyl groups excluding tert-OH is 1. The Morgan fingerprint density at radius 1 is 1.35 bits per heavy atom. The summed E-state index contributed by atoms with van der Waals surface area (Å²) in [5, 5.41) is 27.1. The van der Waals surface area contributed by atoms with Crippen LogP contribution in [0.4, 0.5) is 17.5 Å². The highest BCUT2D eigenvalue weighted by molar-refractivity contribution is 5.57. The molecule has 2 fully saturated rings. The number of aliphatic hydroxyl groups is 1. The summed E-state index contributed by atoms with van der Waals surface area (Å²) in [5.74, 6) is 0.987. The Morgan fingerprint density at radius 3 is 2.65 bits per heavy atom. The fourth-order valence-corrected chi connectivity index (χ4v) is 3.58. The largest absolute Gasteiger partial charge is 0.396 e. The molecule has 0 amide bonds. The molecule has 26 heavy (non-hydrogen) atoms. The van der Waals surface area contributed by atoms with E-state index in [4.69, 9.17) is 4.74 Å². The Bertz CT molecular complexity index is 628. The molecule has 144 valence electrons. The molecule has 1 aliphatic heterocycles. The Morgan fingerprint density at radius 2 is 2.04 bits per heavy atom. The molecule has 1 saturated heterocycles. The zero-order valence-electron chi connectivity index (χ0n) is 15.1. The predicted octanol–water partition coefficient (Wildman–Crippen LogP) is 2.33. The average molecular weight is 365 g/mol. The van der Waals surface area contributed by atoms with Crippen LogP contribution < -0.4 is 10.6 Å². The minimum atomic E-state index is -0.457. The lowest BCUT2D eigenvalue weighted by molar-refractivity contribution is -0.384. The summed E-state index contributed by atoms with van der Waals surface area (Å²) in [7, 11) is 0. The summed E-state index contributed by atoms with van der Waals surface area (Å²) in [5.41, 5.74) is -0.290. The van der Waals surface area contributed by atoms with Crippen LogP contribution in [0.5, 0.6) is 0 Å². The van der Waals surface area contributed by atoms with Gasteiger partial charge in [0.25, 0.3) is 0 Å². The SMILES string of the molecule is CC1(Nc2ncc([N+](=O)[O-])c(NC3CCC(CO)CC3)n2)CCOCC1. The lowest BCUT2D eigenvalue weighted by Crippen LogP contribution is -2.41. The molecule has 0 aromatic carbocycles. The Labute approximate surface area is 152 Å². The number of rotatable bonds is 6. The van der Waals surface area contributed by atoms with E-state index in [1.807, 2.05) is 0 Å². The molecule has 1 aliphatic carbocycles. The number of nitrogens with one attached hydrogen (secondary N) is 2. The van der Waals surface area contributed by atoms with Gasteiger partial charge in [0.2, 0.25) is 11.8 Å². The van der Waals surface area contributed by atoms with E-state index in [9.17, 15) is 15.2 Å². The van der Waals surface area contributed by atoms with Gasteiger partial charge in [-0.2, -0.15) is 4.98 Å². The average Bonchev–Trinajstić information content (AvgIpc) is 2.62. The van der Waals surface area contributed by atoms with Gasteiger partial charge in [0.15, 0.2) is 0 Å². The maximum atomic E-state index is 11.3. The molecule has 0 unspecified atom stereocenters. The van der Waals surface area contributed by atoms with Gasteiger partial charge in [-0.1, -0.05) is 0 Å². The van der Waals surface area contributed by atoms with Crippen LogP contribution in [0.1, 0.15) is 45.4 Å². The maximum absolute atomic E-state index is 11.3. The van der Waals surface area contributed by atoms with Gasteiger partial charge < -0.3 is 20.5 Å². The number of anilines is 2. The molecular weight excluding hydrogens is 338 g/mol. The predicted molar refractivity (Wildman–Crippen MR) is 97.2 cm³/mol. The van der Waals surface area contributed by atoms with E-state index in [1.54, 1.807) is 0 Å². The molecule has 3 N–H and O–H groups in total. The van der Waals surface area contributed by atoms with Gasteiger partial charge in [0.05, 0.1) is 4.92 Å². The molecule has 0 spiro atoms. The number of aromatic nitrogens is 2. The van der Waals surface area contributed by atoms with Crippen LogP contribution >= 0.6 is 0 Å². The molecule has 2 aliphatic rings. The van der Waals surface area contributed by atoms with Crippen LogP contribution in [-0.2, 0) is 4.74 Å². The molecule has 1 aromatic rings. The van der Waals surface area contributed by atoms with Gasteiger partial charge in [0.1, 0.15) is 6.20 Å². The van der Waals surface area contributed by atoms with Gasteiger partial charge in [-0.3, -0.25) is 10.1 Å². The van der Waals surface area contributed by atoms with Crippen LogP contribution in [0.3, 0.4) is 0 Å². The van der Waals surface area contributed by atoms with Gasteiger partial charge in [-0.15, -0.1) is 0 Å². The van der Waals surface area contributed by atoms with Crippen molar-refractivity contribution in [2.75, 3.05) is 30.5 Å². The molecule has 1 saturated carbocycles. The van der Waals surface area contributed by atoms with E-state index >= 15 is 0 Å². The number of nitro groups is 1. The van der Waals surface area contributed by atoms with Crippen LogP contribution in [0, 0.1) is 16.0 Å². The highest BCUT2D eigenvalue weighted by atomic mass is 16.6. The van der Waals surface area contributed by atoms with Crippen LogP contribution in [-0.4, -0.2) is 51.4 Å². The van der Waals surface area contributed by atoms with Crippen molar-refractivity contribution in [1.82, 2.24) is 9.97 Å². The van der Waals surface area contributed by atoms with E-state index in [1.165, 1.54) is 6.20 Å². The first-order valence-electron chi connectivity index (χ1n) is 9.24. The van der Waals surface area contributed by atoms with Gasteiger partial charge in [-0.05, 0) is 51.4 Å². The summed E-state index contributed by atoms with van der Waals surface area (Å²) in [4.78, 5) is 19.4. The summed E-state index contributed by atoms with van der Waals surface area (Å²) in [6.45, 7) is 3.64. The van der Waals surface area contributed by atoms with Crippen LogP contribution in [0.15, 0.2) is 6.20 Å². The highest BCUT2D eigenvalue weighted by Crippen LogP contribution is 2.30. The van der Waals surface area contributed by atoms with E-state index in [2.05, 4.69) is 27.5 Å². The molecule has 9 nitrogen and oxygen atoms in total. The molecule has 1 aromatic heterocycles. The molecular formula is C17H27N5O4. The van der Waals surface area contributed by atoms with Gasteiger partial charge in [-0.25, -0.2) is 4.98 Å². The lowest BCUT2D eigenvalue weighted by atomic mass is 9.86. The zero-order chi connectivity index (χ0) is 18.6. The second-order valence-corrected chi connectivity index (χ2v) is 7.53. The van der Waals surface area contributed by atoms with Crippen molar-refractivity contribution in [3.8, 4) is 0 Å². The molecule has 3 rings (SSSR count). The Hall–Kier alpha value is -2.00. The number of hydrogen-bond acceptors (Lipinski definition) is 8. The van der Waals surface area contributed by atoms with Crippen molar-refractivity contribution < 1.29 is 14.8 Å². The van der Waals surface area contributed by atoms with Crippen LogP contribution in [0.25, 0.3) is 0 Å². The fraction of sp³-hybridized carbons (Fsp3) is 0.765. The van der Waals surface area contributed by atoms with Gasteiger partial charge in [0, 0.05) is 31.4 Å². The lowest BCUT2D eigenvalue weighted by Gasteiger charge is -2.34. The third-order valence-electron chi connectivity index (χ3n) is 5.42. The molecule has 0 radical (unpaired) electrons. The van der Waals surface area contributed by atoms with E-state index < -0.39 is 4.92 Å². The quantitative estimate of drug-likeness (QED) is 0.518. The number of nitrogens with zero attached hydrogens (tertiary/aromatic N) is 3. The van der Waals surface area contributed by atoms with Crippen LogP contribution in [0.2, 0.25) is 0 Å². The smallest absolute Gasteiger partial charge is 0.329 e. The van der Waals surface area contributed by atoms with Crippen molar-refractivity contribution in [1.29, 1.82) is 0 Å². The van der Waals surface area contributed by atoms with Crippen molar-refractivity contribution in [2.45, 2.75) is 57.0 Å². The monoisotopic (exact) mass is 365 g/mol. The van der Waals surface area contributed by atoms with Crippen molar-refractivity contribution in [3.63, 3.8) is 0 Å². The minimum absolute atomic E-state index is 0.114. The fourth-order valence-electron chi connectivity index (χ4n) is 3.58. The van der Waals surface area contributed by atoms with Crippen molar-refractivity contribution >= 4 is 17.5 Å². The molecule has 9 heteroatoms. The number of ether oxygens (including phenoxy) is 1. The summed E-state index contributed by atoms with van der Waals surface area (Å²) in [6.07, 6.45) is 6.49. The second-order valence-electron chi connectivity index (χ2n) is 7.53. The zero-order valence-corrected chi connectivity index (χ0v) is 15.1. The highest BCUT2D eigenvalue weighted by Gasteiger charge is 2.29. The third-order valence-corrected chi connectivity index (χ3v) is 5.42. The maximum Gasteiger partial charge on any atom is 0.329 e. The Balaban J connectivity index is 1.73. The van der Waals surface area contributed by atoms with E-state index in [0.717, 1.165) is 38.5 Å². The first kappa shape index (κ1) is 18.8. The third kappa shape index (κ3) is 4.59. The standard InChI is InChI=1S/C17H27N5O4/c1-17(6-8-26-9-7-17)21-16-18-10-14(22(24)25)15(20-16)19-13-4-2-12(11-23)3-5-13/h10,12-13,23H,2-9,11H2,1H3,(H2,18,19,20,21).